The lowest BCUT2D eigenvalue weighted by atomic mass is 11.0. The normalized spacial score (nSPS) is 11.9. The molecule has 0 heterocycles. The summed E-state index contributed by atoms with van der Waals surface area (Å²) < 4.78 is 0.410. The number of hydrazone groups is 1. The van der Waals surface area contributed by atoms with E-state index >= 15 is 0 Å². The Morgan fingerprint density at radius 3 is 1.92 bits per heavy atom. The molecule has 4 N–H and O–H groups in total. The molecule has 0 aromatic carbocycles. The zero-order valence-electron chi connectivity index (χ0n) is 6.85. The van der Waals surface area contributed by atoms with Gasteiger partial charge in [0.2, 0.25) is 0 Å². The molecular weight excluding hydrogens is 515 g/mol. The third kappa shape index (κ3) is 29.8. The van der Waals surface area contributed by atoms with Gasteiger partial charge in [-0.15, -0.1) is 0 Å². The zero-order chi connectivity index (χ0) is 10.2. The highest BCUT2D eigenvalue weighted by molar-refractivity contribution is 14.3. The van der Waals surface area contributed by atoms with E-state index in [0.717, 1.165) is 5.75 Å². The maximum Gasteiger partial charge on any atom is 0.177 e. The highest BCUT2D eigenvalue weighted by Gasteiger charge is 2.04. The third-order valence-electron chi connectivity index (χ3n) is 0.419. The highest BCUT2D eigenvalue weighted by atomic mass is 127. The largest absolute Gasteiger partial charge is 0.377 e. The summed E-state index contributed by atoms with van der Waals surface area (Å²) in [7, 11) is 0. The number of rotatable bonds is 1. The van der Waals surface area contributed by atoms with Crippen molar-refractivity contribution >= 4 is 84.7 Å². The fourth-order valence-electron chi connectivity index (χ4n) is 0.185. The minimum Gasteiger partial charge on any atom is -0.377 e. The smallest absolute Gasteiger partial charge is 0.177 e. The van der Waals surface area contributed by atoms with Gasteiger partial charge in [0.25, 0.3) is 0 Å². The second kappa shape index (κ2) is 9.37. The van der Waals surface area contributed by atoms with Crippen LogP contribution < -0.4 is 11.6 Å². The van der Waals surface area contributed by atoms with Gasteiger partial charge in [0, 0.05) is 0 Å². The standard InChI is InChI=1S/C3H9N3S.C2H3I3/c1-2-7-3(4)6-5;1-2(3,4)5/h2,5H2,1H3,(H2,4,6);1H3. The fraction of sp³-hybridized carbons (Fsp3) is 0.800. The minimum absolute atomic E-state index is 0.410. The Morgan fingerprint density at radius 2 is 1.83 bits per heavy atom. The summed E-state index contributed by atoms with van der Waals surface area (Å²) in [4.78, 5) is 0. The van der Waals surface area contributed by atoms with E-state index in [4.69, 9.17) is 11.6 Å². The monoisotopic (exact) mass is 527 g/mol. The van der Waals surface area contributed by atoms with Crippen LogP contribution in [0.25, 0.3) is 0 Å². The number of halogens is 3. The van der Waals surface area contributed by atoms with Crippen LogP contribution in [0.2, 0.25) is 0 Å². The molecule has 0 atom stereocenters. The minimum atomic E-state index is 0.410. The van der Waals surface area contributed by atoms with Crippen molar-refractivity contribution in [2.24, 2.45) is 16.7 Å². The lowest BCUT2D eigenvalue weighted by molar-refractivity contribution is 1.25. The van der Waals surface area contributed by atoms with E-state index in [0.29, 0.717) is 4.60 Å². The maximum absolute atomic E-state index is 5.17. The molecule has 0 aromatic rings. The molecule has 7 heteroatoms. The molecule has 0 fully saturated rings. The molecule has 0 radical (unpaired) electrons. The van der Waals surface area contributed by atoms with E-state index < -0.39 is 0 Å². The topological polar surface area (TPSA) is 64.4 Å². The van der Waals surface area contributed by atoms with Gasteiger partial charge in [0.15, 0.2) is 5.17 Å². The van der Waals surface area contributed by atoms with E-state index in [9.17, 15) is 0 Å². The Labute approximate surface area is 119 Å². The number of alkyl halides is 3. The molecule has 0 aliphatic carbocycles. The number of amidine groups is 1. The van der Waals surface area contributed by atoms with Crippen molar-refractivity contribution in [2.45, 2.75) is 13.3 Å². The van der Waals surface area contributed by atoms with Crippen molar-refractivity contribution in [1.82, 2.24) is 0 Å². The predicted molar refractivity (Wildman–Crippen MR) is 84.4 cm³/mol. The van der Waals surface area contributed by atoms with Crippen molar-refractivity contribution < 1.29 is 0 Å². The van der Waals surface area contributed by atoms with E-state index in [1.165, 1.54) is 11.8 Å². The second-order valence-electron chi connectivity index (χ2n) is 1.68. The van der Waals surface area contributed by atoms with Crippen LogP contribution in [0.5, 0.6) is 0 Å². The number of thioether (sulfide) groups is 1. The highest BCUT2D eigenvalue weighted by Crippen LogP contribution is 2.33. The van der Waals surface area contributed by atoms with E-state index in [1.807, 2.05) is 6.92 Å². The first-order chi connectivity index (χ1) is 5.31. The summed E-state index contributed by atoms with van der Waals surface area (Å²) in [5.41, 5.74) is 5.17. The quantitative estimate of drug-likeness (QED) is 0.138. The Bertz CT molecular complexity index is 128. The molecule has 0 aromatic heterocycles. The number of hydrogen-bond acceptors (Lipinski definition) is 3. The van der Waals surface area contributed by atoms with Crippen LogP contribution in [-0.4, -0.2) is 10.4 Å². The lowest BCUT2D eigenvalue weighted by Gasteiger charge is -1.96. The summed E-state index contributed by atoms with van der Waals surface area (Å²) in [6.45, 7) is 4.14. The van der Waals surface area contributed by atoms with Gasteiger partial charge in [-0.3, -0.25) is 0 Å². The van der Waals surface area contributed by atoms with Crippen molar-refractivity contribution in [3.63, 3.8) is 0 Å². The zero-order valence-corrected chi connectivity index (χ0v) is 14.1. The summed E-state index contributed by atoms with van der Waals surface area (Å²) in [5, 5.41) is 3.68. The van der Waals surface area contributed by atoms with Gasteiger partial charge >= 0.3 is 0 Å². The Balaban J connectivity index is 0. The van der Waals surface area contributed by atoms with Crippen molar-refractivity contribution in [1.29, 1.82) is 0 Å². The van der Waals surface area contributed by atoms with Crippen LogP contribution >= 0.6 is 79.5 Å². The van der Waals surface area contributed by atoms with Gasteiger partial charge in [0.05, 0.1) is 0 Å². The van der Waals surface area contributed by atoms with Crippen LogP contribution in [0.3, 0.4) is 0 Å². The first kappa shape index (κ1) is 16.2. The van der Waals surface area contributed by atoms with Gasteiger partial charge in [-0.05, 0) is 12.7 Å². The molecule has 0 aliphatic rings. The number of nitrogens with two attached hydrogens (primary N) is 2. The average Bonchev–Trinajstić information content (AvgIpc) is 1.85. The molecule has 0 bridgehead atoms. The first-order valence-electron chi connectivity index (χ1n) is 3.04. The van der Waals surface area contributed by atoms with Gasteiger partial charge < -0.3 is 11.6 Å². The van der Waals surface area contributed by atoms with Gasteiger partial charge in [-0.25, -0.2) is 0 Å². The average molecular weight is 527 g/mol. The van der Waals surface area contributed by atoms with Crippen molar-refractivity contribution in [2.75, 3.05) is 5.75 Å². The van der Waals surface area contributed by atoms with Crippen LogP contribution in [-0.2, 0) is 0 Å². The summed E-state index contributed by atoms with van der Waals surface area (Å²) in [6, 6.07) is 0. The summed E-state index contributed by atoms with van der Waals surface area (Å²) in [6.07, 6.45) is 0. The van der Waals surface area contributed by atoms with Crippen molar-refractivity contribution in [3.8, 4) is 0 Å². The molecule has 12 heavy (non-hydrogen) atoms. The fourth-order valence-corrected chi connectivity index (χ4v) is 0.555. The van der Waals surface area contributed by atoms with E-state index in [1.54, 1.807) is 0 Å². The summed E-state index contributed by atoms with van der Waals surface area (Å²) in [5.74, 6) is 5.72. The molecule has 0 unspecified atom stereocenters. The van der Waals surface area contributed by atoms with Crippen LogP contribution in [0.1, 0.15) is 13.8 Å². The first-order valence-corrected chi connectivity index (χ1v) is 7.26. The molecule has 3 nitrogen and oxygen atoms in total. The molecule has 0 amide bonds. The molecule has 0 aliphatic heterocycles. The molecule has 0 saturated carbocycles. The van der Waals surface area contributed by atoms with Crippen molar-refractivity contribution in [3.05, 3.63) is 0 Å². The molecule has 74 valence electrons. The Kier molecular flexibility index (Phi) is 12.7. The maximum atomic E-state index is 5.17. The SMILES string of the molecule is CC(I)(I)I.CCSC(N)=NN. The second-order valence-corrected chi connectivity index (χ2v) is 15.6. The van der Waals surface area contributed by atoms with E-state index in [2.05, 4.69) is 79.8 Å². The molecular formula is C5H12I3N3S. The molecule has 0 spiro atoms. The van der Waals surface area contributed by atoms with Gasteiger partial charge in [-0.1, -0.05) is 86.5 Å². The number of hydrogen-bond donors (Lipinski definition) is 2. The van der Waals surface area contributed by atoms with Crippen LogP contribution in [0, 0.1) is 0 Å². The molecule has 0 saturated heterocycles. The predicted octanol–water partition coefficient (Wildman–Crippen LogP) is 2.89. The molecule has 0 rings (SSSR count). The number of nitrogens with zero attached hydrogens (tertiary/aromatic N) is 1. The van der Waals surface area contributed by atoms with Crippen LogP contribution in [0.15, 0.2) is 5.10 Å². The summed E-state index contributed by atoms with van der Waals surface area (Å²) >= 11 is 8.49. The Morgan fingerprint density at radius 1 is 1.50 bits per heavy atom. The van der Waals surface area contributed by atoms with Gasteiger partial charge in [-0.2, -0.15) is 5.10 Å². The van der Waals surface area contributed by atoms with Crippen LogP contribution in [0.4, 0.5) is 0 Å². The lowest BCUT2D eigenvalue weighted by Crippen LogP contribution is -2.08. The third-order valence-corrected chi connectivity index (χ3v) is 1.11. The Hall–Kier alpha value is 1.81. The van der Waals surface area contributed by atoms with Gasteiger partial charge in [0.1, 0.15) is -0.565 Å². The van der Waals surface area contributed by atoms with E-state index in [-0.39, 0.29) is 0 Å².